The molecule has 7 heteroatoms. The molecule has 1 aliphatic heterocycles. The predicted molar refractivity (Wildman–Crippen MR) is 108 cm³/mol. The number of aryl methyl sites for hydroxylation is 1. The Morgan fingerprint density at radius 3 is 2.78 bits per heavy atom. The maximum atomic E-state index is 4.88. The summed E-state index contributed by atoms with van der Waals surface area (Å²) < 4.78 is 1.81. The lowest BCUT2D eigenvalue weighted by molar-refractivity contribution is 0.165. The number of rotatable bonds is 5. The van der Waals surface area contributed by atoms with E-state index in [-0.39, 0.29) is 0 Å². The van der Waals surface area contributed by atoms with E-state index in [1.54, 1.807) is 12.4 Å². The van der Waals surface area contributed by atoms with Gasteiger partial charge in [0, 0.05) is 51.2 Å². The van der Waals surface area contributed by atoms with E-state index in [0.29, 0.717) is 11.9 Å². The van der Waals surface area contributed by atoms with E-state index in [0.717, 1.165) is 35.5 Å². The fraction of sp³-hybridized carbons (Fsp3) is 0.500. The molecule has 0 bridgehead atoms. The van der Waals surface area contributed by atoms with Gasteiger partial charge in [0.2, 0.25) is 0 Å². The number of fused-ring (bicyclic) bond motifs is 1. The fourth-order valence-electron chi connectivity index (χ4n) is 3.80. The minimum absolute atomic E-state index is 0.670. The standard InChI is InChI=1S/C20H27N7/c1-15-6-4-5-11-27(15)13-12-25(2)19-17-14-22-26(3)20(17)24-18(23-19)16-7-9-21-10-8-16/h7-10,14-15H,4-6,11-13H2,1-3H3/t15-/m0/s1. The molecule has 0 spiro atoms. The molecule has 0 N–H and O–H groups in total. The van der Waals surface area contributed by atoms with Crippen molar-refractivity contribution in [1.82, 2.24) is 29.6 Å². The van der Waals surface area contributed by atoms with Crippen molar-refractivity contribution in [2.45, 2.75) is 32.2 Å². The Labute approximate surface area is 160 Å². The quantitative estimate of drug-likeness (QED) is 0.693. The van der Waals surface area contributed by atoms with Crippen LogP contribution in [-0.2, 0) is 7.05 Å². The highest BCUT2D eigenvalue weighted by Crippen LogP contribution is 2.26. The number of likely N-dealkylation sites (tertiary alicyclic amines) is 1. The summed E-state index contributed by atoms with van der Waals surface area (Å²) in [5.41, 5.74) is 1.82. The van der Waals surface area contributed by atoms with Crippen LogP contribution in [0.2, 0.25) is 0 Å². The van der Waals surface area contributed by atoms with Crippen molar-refractivity contribution < 1.29 is 0 Å². The van der Waals surface area contributed by atoms with Crippen LogP contribution in [0.3, 0.4) is 0 Å². The molecule has 1 atom stereocenters. The van der Waals surface area contributed by atoms with E-state index in [1.165, 1.54) is 25.8 Å². The summed E-state index contributed by atoms with van der Waals surface area (Å²) in [7, 11) is 4.03. The van der Waals surface area contributed by atoms with E-state index in [2.05, 4.69) is 33.9 Å². The van der Waals surface area contributed by atoms with Crippen molar-refractivity contribution in [3.8, 4) is 11.4 Å². The molecule has 27 heavy (non-hydrogen) atoms. The maximum Gasteiger partial charge on any atom is 0.164 e. The molecule has 1 saturated heterocycles. The van der Waals surface area contributed by atoms with Crippen molar-refractivity contribution in [3.05, 3.63) is 30.7 Å². The van der Waals surface area contributed by atoms with Crippen LogP contribution in [0.4, 0.5) is 5.82 Å². The lowest BCUT2D eigenvalue weighted by atomic mass is 10.0. The molecule has 0 amide bonds. The van der Waals surface area contributed by atoms with Gasteiger partial charge in [-0.25, -0.2) is 9.97 Å². The molecule has 7 nitrogen and oxygen atoms in total. The summed E-state index contributed by atoms with van der Waals surface area (Å²) in [4.78, 5) is 18.5. The second-order valence-electron chi connectivity index (χ2n) is 7.41. The number of anilines is 1. The van der Waals surface area contributed by atoms with Gasteiger partial charge >= 0.3 is 0 Å². The lowest BCUT2D eigenvalue weighted by Crippen LogP contribution is -2.42. The number of hydrogen-bond donors (Lipinski definition) is 0. The van der Waals surface area contributed by atoms with Crippen LogP contribution in [0.25, 0.3) is 22.4 Å². The third-order valence-electron chi connectivity index (χ3n) is 5.54. The van der Waals surface area contributed by atoms with E-state index in [4.69, 9.17) is 9.97 Å². The second-order valence-corrected chi connectivity index (χ2v) is 7.41. The maximum absolute atomic E-state index is 4.88. The van der Waals surface area contributed by atoms with Gasteiger partial charge in [0.25, 0.3) is 0 Å². The Kier molecular flexibility index (Phi) is 5.03. The molecule has 0 unspecified atom stereocenters. The molecule has 0 aliphatic carbocycles. The first-order chi connectivity index (χ1) is 13.1. The largest absolute Gasteiger partial charge is 0.358 e. The molecule has 142 valence electrons. The van der Waals surface area contributed by atoms with Crippen molar-refractivity contribution in [2.24, 2.45) is 7.05 Å². The zero-order chi connectivity index (χ0) is 18.8. The van der Waals surface area contributed by atoms with E-state index < -0.39 is 0 Å². The first-order valence-electron chi connectivity index (χ1n) is 9.69. The van der Waals surface area contributed by atoms with Gasteiger partial charge in [-0.05, 0) is 38.4 Å². The summed E-state index contributed by atoms with van der Waals surface area (Å²) in [6.07, 6.45) is 9.36. The molecule has 0 radical (unpaired) electrons. The van der Waals surface area contributed by atoms with Crippen molar-refractivity contribution >= 4 is 16.9 Å². The highest BCUT2D eigenvalue weighted by Gasteiger charge is 2.20. The molecule has 0 saturated carbocycles. The van der Waals surface area contributed by atoms with Gasteiger partial charge in [0.05, 0.1) is 11.6 Å². The Morgan fingerprint density at radius 2 is 2.00 bits per heavy atom. The Bertz CT molecular complexity index is 905. The van der Waals surface area contributed by atoms with E-state index in [9.17, 15) is 0 Å². The van der Waals surface area contributed by atoms with Crippen LogP contribution in [0.15, 0.2) is 30.7 Å². The van der Waals surface area contributed by atoms with Crippen LogP contribution in [0, 0.1) is 0 Å². The van der Waals surface area contributed by atoms with Gasteiger partial charge < -0.3 is 4.90 Å². The zero-order valence-corrected chi connectivity index (χ0v) is 16.3. The third kappa shape index (κ3) is 3.64. The van der Waals surface area contributed by atoms with Crippen molar-refractivity contribution in [2.75, 3.05) is 31.6 Å². The number of hydrogen-bond acceptors (Lipinski definition) is 6. The number of likely N-dealkylation sites (N-methyl/N-ethyl adjacent to an activating group) is 1. The van der Waals surface area contributed by atoms with E-state index >= 15 is 0 Å². The monoisotopic (exact) mass is 365 g/mol. The molecule has 0 aromatic carbocycles. The smallest absolute Gasteiger partial charge is 0.164 e. The minimum Gasteiger partial charge on any atom is -0.358 e. The third-order valence-corrected chi connectivity index (χ3v) is 5.54. The highest BCUT2D eigenvalue weighted by atomic mass is 15.3. The molecular formula is C20H27N7. The second kappa shape index (κ2) is 7.60. The summed E-state index contributed by atoms with van der Waals surface area (Å²) >= 11 is 0. The van der Waals surface area contributed by atoms with Gasteiger partial charge in [-0.2, -0.15) is 5.10 Å². The predicted octanol–water partition coefficient (Wildman–Crippen LogP) is 2.74. The van der Waals surface area contributed by atoms with Crippen LogP contribution >= 0.6 is 0 Å². The van der Waals surface area contributed by atoms with E-state index in [1.807, 2.05) is 30.1 Å². The number of pyridine rings is 1. The van der Waals surface area contributed by atoms with Gasteiger partial charge in [0.1, 0.15) is 5.82 Å². The Balaban J connectivity index is 1.63. The van der Waals surface area contributed by atoms with Crippen LogP contribution in [0.5, 0.6) is 0 Å². The first-order valence-corrected chi connectivity index (χ1v) is 9.69. The summed E-state index contributed by atoms with van der Waals surface area (Å²) in [5, 5.41) is 5.39. The first kappa shape index (κ1) is 17.9. The lowest BCUT2D eigenvalue weighted by Gasteiger charge is -2.34. The van der Waals surface area contributed by atoms with Gasteiger partial charge in [-0.15, -0.1) is 0 Å². The topological polar surface area (TPSA) is 63.0 Å². The summed E-state index contributed by atoms with van der Waals surface area (Å²) in [6.45, 7) is 5.52. The number of aromatic nitrogens is 5. The molecule has 3 aromatic rings. The highest BCUT2D eigenvalue weighted by molar-refractivity contribution is 5.88. The van der Waals surface area contributed by atoms with Crippen molar-refractivity contribution in [3.63, 3.8) is 0 Å². The molecule has 4 heterocycles. The van der Waals surface area contributed by atoms with Crippen LogP contribution < -0.4 is 4.90 Å². The van der Waals surface area contributed by atoms with Gasteiger partial charge in [0.15, 0.2) is 11.5 Å². The Hall–Kier alpha value is -2.54. The normalized spacial score (nSPS) is 18.1. The van der Waals surface area contributed by atoms with Crippen LogP contribution in [-0.4, -0.2) is 62.4 Å². The molecular weight excluding hydrogens is 338 g/mol. The SMILES string of the molecule is C[C@H]1CCCCN1CCN(C)c1nc(-c2ccncc2)nc2c1cnn2C. The molecule has 1 aliphatic rings. The summed E-state index contributed by atoms with van der Waals surface area (Å²) in [6, 6.07) is 4.55. The molecule has 4 rings (SSSR count). The van der Waals surface area contributed by atoms with Crippen LogP contribution in [0.1, 0.15) is 26.2 Å². The molecule has 1 fully saturated rings. The number of piperidine rings is 1. The molecule has 3 aromatic heterocycles. The minimum atomic E-state index is 0.670. The van der Waals surface area contributed by atoms with Gasteiger partial charge in [-0.1, -0.05) is 6.42 Å². The van der Waals surface area contributed by atoms with Gasteiger partial charge in [-0.3, -0.25) is 14.6 Å². The zero-order valence-electron chi connectivity index (χ0n) is 16.3. The summed E-state index contributed by atoms with van der Waals surface area (Å²) in [5.74, 6) is 1.64. The Morgan fingerprint density at radius 1 is 1.19 bits per heavy atom. The average Bonchev–Trinajstić information content (AvgIpc) is 3.08. The van der Waals surface area contributed by atoms with Crippen molar-refractivity contribution in [1.29, 1.82) is 0 Å². The fourth-order valence-corrected chi connectivity index (χ4v) is 3.80. The average molecular weight is 365 g/mol. The number of nitrogens with zero attached hydrogens (tertiary/aromatic N) is 7.